The first-order valence-corrected chi connectivity index (χ1v) is 9.51. The van der Waals surface area contributed by atoms with Gasteiger partial charge in [0.25, 0.3) is 0 Å². The van der Waals surface area contributed by atoms with Gasteiger partial charge in [0.15, 0.2) is 17.9 Å². The van der Waals surface area contributed by atoms with E-state index in [0.29, 0.717) is 6.42 Å². The van der Waals surface area contributed by atoms with Crippen molar-refractivity contribution < 1.29 is 23.7 Å². The smallest absolute Gasteiger partial charge is 0.190 e. The molecular weight excluding hydrogens is 346 g/mol. The van der Waals surface area contributed by atoms with Crippen molar-refractivity contribution in [3.05, 3.63) is 42.1 Å². The zero-order chi connectivity index (χ0) is 18.8. The van der Waals surface area contributed by atoms with Gasteiger partial charge in [-0.1, -0.05) is 18.2 Å². The summed E-state index contributed by atoms with van der Waals surface area (Å²) in [5.41, 5.74) is 2.15. The van der Waals surface area contributed by atoms with Gasteiger partial charge >= 0.3 is 0 Å². The number of ether oxygens (including phenoxy) is 5. The van der Waals surface area contributed by atoms with Crippen LogP contribution < -0.4 is 0 Å². The molecule has 2 aromatic rings. The molecule has 0 unspecified atom stereocenters. The molecule has 3 aliphatic heterocycles. The highest BCUT2D eigenvalue weighted by atomic mass is 16.9. The van der Waals surface area contributed by atoms with Gasteiger partial charge in [0, 0.05) is 18.0 Å². The molecule has 1 aromatic carbocycles. The zero-order valence-electron chi connectivity index (χ0n) is 16.0. The molecule has 0 bridgehead atoms. The zero-order valence-corrected chi connectivity index (χ0v) is 16.0. The van der Waals surface area contributed by atoms with Gasteiger partial charge in [0.1, 0.15) is 18.3 Å². The molecule has 0 radical (unpaired) electrons. The molecule has 4 heterocycles. The van der Waals surface area contributed by atoms with E-state index in [0.717, 1.165) is 10.9 Å². The highest BCUT2D eigenvalue weighted by Crippen LogP contribution is 2.44. The van der Waals surface area contributed by atoms with Crippen LogP contribution in [-0.2, 0) is 30.1 Å². The van der Waals surface area contributed by atoms with Crippen LogP contribution in [0.15, 0.2) is 36.5 Å². The molecule has 3 aliphatic rings. The number of hydrogen-bond donors (Lipinski definition) is 0. The van der Waals surface area contributed by atoms with Crippen molar-refractivity contribution in [1.82, 2.24) is 4.98 Å². The number of pyridine rings is 1. The average Bonchev–Trinajstić information content (AvgIpc) is 3.10. The SMILES string of the molecule is CC1(C)O[C@H]2[C@@H](O1)[C@@H](Cc1ccnc3ccccc13)O[C@@H]1OC(C)(C)O[C@@H]12. The lowest BCUT2D eigenvalue weighted by molar-refractivity contribution is -0.233. The first kappa shape index (κ1) is 17.5. The first-order chi connectivity index (χ1) is 12.8. The third kappa shape index (κ3) is 3.05. The predicted octanol–water partition coefficient (Wildman–Crippen LogP) is 3.17. The van der Waals surface area contributed by atoms with Gasteiger partial charge in [-0.05, 0) is 45.4 Å². The van der Waals surface area contributed by atoms with Gasteiger partial charge in [-0.25, -0.2) is 0 Å². The summed E-state index contributed by atoms with van der Waals surface area (Å²) in [5.74, 6) is -1.38. The highest BCUT2D eigenvalue weighted by Gasteiger charge is 2.60. The van der Waals surface area contributed by atoms with E-state index in [9.17, 15) is 0 Å². The van der Waals surface area contributed by atoms with Crippen LogP contribution in [-0.4, -0.2) is 47.3 Å². The molecule has 6 nitrogen and oxygen atoms in total. The number of hydrogen-bond acceptors (Lipinski definition) is 6. The van der Waals surface area contributed by atoms with Crippen molar-refractivity contribution in [2.45, 2.75) is 76.4 Å². The van der Waals surface area contributed by atoms with Crippen molar-refractivity contribution in [2.24, 2.45) is 0 Å². The minimum atomic E-state index is -0.700. The molecule has 0 N–H and O–H groups in total. The maximum Gasteiger partial charge on any atom is 0.190 e. The van der Waals surface area contributed by atoms with Crippen molar-refractivity contribution in [3.8, 4) is 0 Å². The van der Waals surface area contributed by atoms with Gasteiger partial charge in [-0.15, -0.1) is 0 Å². The molecular formula is C21H25NO5. The topological polar surface area (TPSA) is 59.0 Å². The van der Waals surface area contributed by atoms with Crippen LogP contribution in [0.25, 0.3) is 10.9 Å². The maximum atomic E-state index is 6.33. The van der Waals surface area contributed by atoms with E-state index in [1.807, 2.05) is 58.2 Å². The molecule has 144 valence electrons. The molecule has 27 heavy (non-hydrogen) atoms. The van der Waals surface area contributed by atoms with E-state index < -0.39 is 17.9 Å². The lowest BCUT2D eigenvalue weighted by Crippen LogP contribution is -2.55. The Hall–Kier alpha value is -1.57. The summed E-state index contributed by atoms with van der Waals surface area (Å²) in [4.78, 5) is 4.46. The number of fused-ring (bicyclic) bond motifs is 4. The fraction of sp³-hybridized carbons (Fsp3) is 0.571. The normalized spacial score (nSPS) is 36.5. The summed E-state index contributed by atoms with van der Waals surface area (Å²) in [5, 5.41) is 1.13. The lowest BCUT2D eigenvalue weighted by atomic mass is 9.93. The average molecular weight is 371 g/mol. The van der Waals surface area contributed by atoms with Gasteiger partial charge in [-0.2, -0.15) is 0 Å². The van der Waals surface area contributed by atoms with Gasteiger partial charge in [-0.3, -0.25) is 4.98 Å². The van der Waals surface area contributed by atoms with E-state index in [4.69, 9.17) is 23.7 Å². The summed E-state index contributed by atoms with van der Waals surface area (Å²) in [6, 6.07) is 10.2. The number of benzene rings is 1. The molecule has 0 amide bonds. The number of rotatable bonds is 2. The van der Waals surface area contributed by atoms with Crippen molar-refractivity contribution in [1.29, 1.82) is 0 Å². The van der Waals surface area contributed by atoms with Crippen LogP contribution in [0.5, 0.6) is 0 Å². The number of nitrogens with zero attached hydrogens (tertiary/aromatic N) is 1. The highest BCUT2D eigenvalue weighted by molar-refractivity contribution is 5.81. The van der Waals surface area contributed by atoms with Gasteiger partial charge in [0.2, 0.25) is 0 Å². The van der Waals surface area contributed by atoms with Crippen LogP contribution in [0.2, 0.25) is 0 Å². The third-order valence-electron chi connectivity index (χ3n) is 5.41. The molecule has 1 aromatic heterocycles. The van der Waals surface area contributed by atoms with Crippen molar-refractivity contribution in [3.63, 3.8) is 0 Å². The Labute approximate surface area is 158 Å². The van der Waals surface area contributed by atoms with E-state index in [1.165, 1.54) is 5.56 Å². The summed E-state index contributed by atoms with van der Waals surface area (Å²) in [7, 11) is 0. The quantitative estimate of drug-likeness (QED) is 0.808. The molecule has 5 atom stereocenters. The minimum Gasteiger partial charge on any atom is -0.343 e. The Bertz CT molecular complexity index is 861. The number of aromatic nitrogens is 1. The molecule has 0 aliphatic carbocycles. The molecule has 5 rings (SSSR count). The monoisotopic (exact) mass is 371 g/mol. The Kier molecular flexibility index (Phi) is 3.87. The van der Waals surface area contributed by atoms with Crippen LogP contribution in [0.4, 0.5) is 0 Å². The van der Waals surface area contributed by atoms with E-state index in [-0.39, 0.29) is 24.4 Å². The van der Waals surface area contributed by atoms with Crippen molar-refractivity contribution in [2.75, 3.05) is 0 Å². The van der Waals surface area contributed by atoms with Crippen LogP contribution in [0.3, 0.4) is 0 Å². The summed E-state index contributed by atoms with van der Waals surface area (Å²) in [6.45, 7) is 7.66. The lowest BCUT2D eigenvalue weighted by Gasteiger charge is -2.37. The third-order valence-corrected chi connectivity index (χ3v) is 5.41. The second kappa shape index (κ2) is 5.96. The maximum absolute atomic E-state index is 6.33. The Morgan fingerprint density at radius 2 is 1.56 bits per heavy atom. The molecule has 6 heteroatoms. The Morgan fingerprint density at radius 3 is 2.41 bits per heavy atom. The van der Waals surface area contributed by atoms with Gasteiger partial charge in [0.05, 0.1) is 11.6 Å². The molecule has 0 spiro atoms. The summed E-state index contributed by atoms with van der Waals surface area (Å²) < 4.78 is 30.8. The van der Waals surface area contributed by atoms with Crippen molar-refractivity contribution >= 4 is 10.9 Å². The van der Waals surface area contributed by atoms with Crippen LogP contribution >= 0.6 is 0 Å². The standard InChI is InChI=1S/C21H25NO5/c1-20(2)24-16-15(11-12-9-10-22-14-8-6-5-7-13(12)14)23-19-18(17(16)25-20)26-21(3,4)27-19/h5-10,15-19H,11H2,1-4H3/t15-,16+,17+,18-,19-/m1/s1. The fourth-order valence-electron chi connectivity index (χ4n) is 4.41. The Balaban J connectivity index is 1.48. The largest absolute Gasteiger partial charge is 0.343 e. The summed E-state index contributed by atoms with van der Waals surface area (Å²) >= 11 is 0. The molecule has 0 saturated carbocycles. The second-order valence-electron chi connectivity index (χ2n) is 8.40. The Morgan fingerprint density at radius 1 is 0.852 bits per heavy atom. The fourth-order valence-corrected chi connectivity index (χ4v) is 4.41. The van der Waals surface area contributed by atoms with Crippen LogP contribution in [0, 0.1) is 0 Å². The van der Waals surface area contributed by atoms with Gasteiger partial charge < -0.3 is 23.7 Å². The predicted molar refractivity (Wildman–Crippen MR) is 98.0 cm³/mol. The molecule has 3 saturated heterocycles. The number of para-hydroxylation sites is 1. The van der Waals surface area contributed by atoms with E-state index in [1.54, 1.807) is 0 Å². The van der Waals surface area contributed by atoms with E-state index >= 15 is 0 Å². The minimum absolute atomic E-state index is 0.193. The van der Waals surface area contributed by atoms with E-state index in [2.05, 4.69) is 11.1 Å². The first-order valence-electron chi connectivity index (χ1n) is 9.51. The van der Waals surface area contributed by atoms with Crippen LogP contribution in [0.1, 0.15) is 33.3 Å². The summed E-state index contributed by atoms with van der Waals surface area (Å²) in [6.07, 6.45) is 1.14. The second-order valence-corrected chi connectivity index (χ2v) is 8.40. The molecule has 3 fully saturated rings.